The number of Topliss-reactive ketones (excluding diaryl/α,β-unsaturated/α-hetero) is 1. The van der Waals surface area contributed by atoms with E-state index in [1.807, 2.05) is 25.1 Å². The predicted molar refractivity (Wildman–Crippen MR) is 205 cm³/mol. The van der Waals surface area contributed by atoms with Gasteiger partial charge < -0.3 is 15.2 Å². The van der Waals surface area contributed by atoms with Crippen LogP contribution in [-0.4, -0.2) is 39.8 Å². The van der Waals surface area contributed by atoms with Crippen molar-refractivity contribution in [3.8, 4) is 0 Å². The summed E-state index contributed by atoms with van der Waals surface area (Å²) in [6.45, 7) is 21.5. The van der Waals surface area contributed by atoms with Crippen molar-refractivity contribution in [1.82, 2.24) is 10.3 Å². The molecule has 9 atom stereocenters. The number of ether oxygens (including phenoxy) is 1. The number of nitrogens with zero attached hydrogens (tertiary/aromatic N) is 1. The first-order valence-electron chi connectivity index (χ1n) is 20.2. The van der Waals surface area contributed by atoms with E-state index in [2.05, 4.69) is 64.8 Å². The summed E-state index contributed by atoms with van der Waals surface area (Å²) in [7, 11) is 0. The summed E-state index contributed by atoms with van der Waals surface area (Å²) >= 11 is 0. The summed E-state index contributed by atoms with van der Waals surface area (Å²) < 4.78 is 6.16. The Balaban J connectivity index is 1.27. The van der Waals surface area contributed by atoms with Crippen molar-refractivity contribution in [3.63, 3.8) is 0 Å². The highest BCUT2D eigenvalue weighted by atomic mass is 16.5. The molecule has 5 aliphatic rings. The molecule has 1 heterocycles. The highest BCUT2D eigenvalue weighted by molar-refractivity contribution is 6.01. The van der Waals surface area contributed by atoms with Gasteiger partial charge in [-0.1, -0.05) is 60.6 Å². The van der Waals surface area contributed by atoms with Crippen LogP contribution in [0.15, 0.2) is 47.7 Å². The summed E-state index contributed by atoms with van der Waals surface area (Å²) in [5.74, 6) is -0.0965. The lowest BCUT2D eigenvalue weighted by Crippen LogP contribution is -2.65. The van der Waals surface area contributed by atoms with Gasteiger partial charge in [0.25, 0.3) is 0 Å². The van der Waals surface area contributed by atoms with Crippen LogP contribution in [0.1, 0.15) is 145 Å². The quantitative estimate of drug-likeness (QED) is 0.192. The predicted octanol–water partition coefficient (Wildman–Crippen LogP) is 9.21. The molecule has 0 aliphatic heterocycles. The van der Waals surface area contributed by atoms with Crippen LogP contribution in [0.3, 0.4) is 0 Å². The normalized spacial score (nSPS) is 37.0. The van der Waals surface area contributed by atoms with Gasteiger partial charge in [-0.25, -0.2) is 0 Å². The molecule has 2 N–H and O–H groups in total. The van der Waals surface area contributed by atoms with Gasteiger partial charge >= 0.3 is 11.9 Å². The van der Waals surface area contributed by atoms with E-state index in [0.717, 1.165) is 62.6 Å². The Labute approximate surface area is 317 Å². The highest BCUT2D eigenvalue weighted by Crippen LogP contribution is 2.77. The average molecular weight is 729 g/mol. The van der Waals surface area contributed by atoms with Crippen molar-refractivity contribution >= 4 is 23.6 Å². The monoisotopic (exact) mass is 728 g/mol. The van der Waals surface area contributed by atoms with E-state index in [1.165, 1.54) is 5.57 Å². The summed E-state index contributed by atoms with van der Waals surface area (Å²) in [5.41, 5.74) is 1.39. The first-order valence-corrected chi connectivity index (χ1v) is 20.2. The Morgan fingerprint density at radius 1 is 0.962 bits per heavy atom. The second-order valence-corrected chi connectivity index (χ2v) is 19.9. The van der Waals surface area contributed by atoms with Crippen molar-refractivity contribution in [3.05, 3.63) is 53.4 Å². The number of carboxylic acids is 1. The van der Waals surface area contributed by atoms with E-state index in [4.69, 9.17) is 4.74 Å². The standard InChI is InChI=1S/C45H64N2O6/c1-27(2)37-31(48)25-45(21-18-35(49)47-28(3)30-13-11-12-24-46-30)23-22-43(9)29(38(37)45)14-15-33-42(8)19-17-34(53-36(50)26-40(4,5)39(51)52)41(6,7)32(42)16-20-44(33,43)10/h11-13,18,21,24,27-29,32-34H,14-17,19-20,22-23,25-26H2,1-10H3,(H,47,49)(H,51,52)/b21-18+/t28-,29+,32?,33+,34-,42-,43+,44+,45-/m0/s1. The number of hydrogen-bond acceptors (Lipinski definition) is 6. The summed E-state index contributed by atoms with van der Waals surface area (Å²) in [6, 6.07) is 5.48. The highest BCUT2D eigenvalue weighted by Gasteiger charge is 2.70. The van der Waals surface area contributed by atoms with Gasteiger partial charge in [-0.05, 0) is 141 Å². The van der Waals surface area contributed by atoms with Crippen LogP contribution in [0.2, 0.25) is 0 Å². The van der Waals surface area contributed by atoms with Gasteiger partial charge in [0.05, 0.1) is 23.6 Å². The SMILES string of the molecule is CC(C)C1=C2[C@H]3CC[C@@H]4[C@@]5(C)CC[C@H](OC(=O)CC(C)(C)C(=O)O)C(C)(C)C5CC[C@@]4(C)[C@]3(C)CC[C@@]2(/C=C/C(=O)N[C@@H](C)c2ccccn2)CC1=O. The molecule has 1 amide bonds. The number of rotatable bonds is 9. The fourth-order valence-electron chi connectivity index (χ4n) is 12.9. The number of carbonyl (C=O) groups is 4. The molecule has 6 rings (SSSR count). The van der Waals surface area contributed by atoms with Crippen LogP contribution in [0.5, 0.6) is 0 Å². The molecular formula is C45H64N2O6. The van der Waals surface area contributed by atoms with E-state index in [1.54, 1.807) is 26.1 Å². The third-order valence-electron chi connectivity index (χ3n) is 15.9. The lowest BCUT2D eigenvalue weighted by Gasteiger charge is -2.72. The lowest BCUT2D eigenvalue weighted by molar-refractivity contribution is -0.232. The molecule has 0 aromatic carbocycles. The van der Waals surface area contributed by atoms with Crippen LogP contribution in [0, 0.1) is 56.2 Å². The lowest BCUT2D eigenvalue weighted by atomic mass is 9.33. The molecule has 0 saturated heterocycles. The van der Waals surface area contributed by atoms with Crippen molar-refractivity contribution in [2.45, 2.75) is 146 Å². The van der Waals surface area contributed by atoms with Crippen LogP contribution in [-0.2, 0) is 23.9 Å². The number of carbonyl (C=O) groups excluding carboxylic acids is 3. The molecule has 0 bridgehead atoms. The van der Waals surface area contributed by atoms with Crippen LogP contribution >= 0.6 is 0 Å². The average Bonchev–Trinajstić information content (AvgIpc) is 3.38. The first-order chi connectivity index (χ1) is 24.6. The number of hydrogen-bond donors (Lipinski definition) is 2. The van der Waals surface area contributed by atoms with E-state index < -0.39 is 22.8 Å². The fourth-order valence-corrected chi connectivity index (χ4v) is 12.9. The van der Waals surface area contributed by atoms with Crippen molar-refractivity contribution < 1.29 is 29.0 Å². The molecule has 53 heavy (non-hydrogen) atoms. The topological polar surface area (TPSA) is 123 Å². The number of aromatic nitrogens is 1. The number of fused-ring (bicyclic) bond motifs is 7. The maximum atomic E-state index is 14.0. The van der Waals surface area contributed by atoms with Crippen molar-refractivity contribution in [2.75, 3.05) is 0 Å². The number of ketones is 1. The largest absolute Gasteiger partial charge is 0.481 e. The minimum absolute atomic E-state index is 0.00699. The Hall–Kier alpha value is -3.29. The minimum Gasteiger partial charge on any atom is -0.481 e. The van der Waals surface area contributed by atoms with Crippen LogP contribution < -0.4 is 5.32 Å². The number of amides is 1. The molecule has 5 aliphatic carbocycles. The molecule has 0 radical (unpaired) electrons. The van der Waals surface area contributed by atoms with Crippen molar-refractivity contribution in [1.29, 1.82) is 0 Å². The number of allylic oxidation sites excluding steroid dienone is 3. The van der Waals surface area contributed by atoms with Gasteiger partial charge in [0.2, 0.25) is 5.91 Å². The Bertz CT molecular complexity index is 1710. The Morgan fingerprint density at radius 2 is 1.68 bits per heavy atom. The maximum absolute atomic E-state index is 14.0. The molecule has 1 aromatic rings. The van der Waals surface area contributed by atoms with E-state index in [9.17, 15) is 24.3 Å². The fraction of sp³-hybridized carbons (Fsp3) is 0.711. The van der Waals surface area contributed by atoms with Gasteiger partial charge in [0, 0.05) is 23.4 Å². The number of nitrogens with one attached hydrogen (secondary N) is 1. The van der Waals surface area contributed by atoms with E-state index in [-0.39, 0.29) is 63.8 Å². The van der Waals surface area contributed by atoms with Crippen LogP contribution in [0.25, 0.3) is 0 Å². The molecule has 4 fully saturated rings. The molecule has 1 aromatic heterocycles. The molecule has 290 valence electrons. The van der Waals surface area contributed by atoms with Gasteiger partial charge in [0.1, 0.15) is 6.10 Å². The second kappa shape index (κ2) is 13.5. The van der Waals surface area contributed by atoms with Gasteiger partial charge in [-0.15, -0.1) is 0 Å². The summed E-state index contributed by atoms with van der Waals surface area (Å²) in [6.07, 6.45) is 13.4. The zero-order valence-electron chi connectivity index (χ0n) is 33.9. The molecule has 8 nitrogen and oxygen atoms in total. The third-order valence-corrected chi connectivity index (χ3v) is 15.9. The first kappa shape index (κ1) is 39.4. The third kappa shape index (κ3) is 6.32. The van der Waals surface area contributed by atoms with Crippen LogP contribution in [0.4, 0.5) is 0 Å². The Kier molecular flexibility index (Phi) is 10.0. The number of carboxylic acid groups (broad SMARTS) is 1. The number of aliphatic carboxylic acids is 1. The van der Waals surface area contributed by atoms with E-state index in [0.29, 0.717) is 18.3 Å². The zero-order chi connectivity index (χ0) is 38.9. The smallest absolute Gasteiger partial charge is 0.309 e. The van der Waals surface area contributed by atoms with Gasteiger partial charge in [-0.3, -0.25) is 24.2 Å². The Morgan fingerprint density at radius 3 is 2.32 bits per heavy atom. The molecule has 0 spiro atoms. The van der Waals surface area contributed by atoms with Gasteiger partial charge in [0.15, 0.2) is 5.78 Å². The second-order valence-electron chi connectivity index (χ2n) is 19.9. The molecule has 1 unspecified atom stereocenters. The van der Waals surface area contributed by atoms with Crippen molar-refractivity contribution in [2.24, 2.45) is 56.2 Å². The maximum Gasteiger partial charge on any atom is 0.309 e. The number of esters is 1. The minimum atomic E-state index is -1.17. The molecular weight excluding hydrogens is 665 g/mol. The van der Waals surface area contributed by atoms with Gasteiger partial charge in [-0.2, -0.15) is 0 Å². The summed E-state index contributed by atoms with van der Waals surface area (Å²) in [5, 5.41) is 12.7. The molecule has 8 heteroatoms. The zero-order valence-corrected chi connectivity index (χ0v) is 33.9. The summed E-state index contributed by atoms with van der Waals surface area (Å²) in [4.78, 5) is 56.6. The number of pyridine rings is 1. The molecule has 4 saturated carbocycles. The van der Waals surface area contributed by atoms with E-state index >= 15 is 0 Å².